The lowest BCUT2D eigenvalue weighted by Gasteiger charge is -2.32. The van der Waals surface area contributed by atoms with Crippen LogP contribution in [-0.2, 0) is 26.5 Å². The molecular weight excluding hydrogens is 537 g/mol. The zero-order valence-electron chi connectivity index (χ0n) is 27.3. The number of aromatic hydroxyl groups is 1. The maximum absolute atomic E-state index is 11.2. The highest BCUT2D eigenvalue weighted by molar-refractivity contribution is 8.18. The lowest BCUT2D eigenvalue weighted by atomic mass is 9.79. The molecule has 0 spiro atoms. The lowest BCUT2D eigenvalue weighted by molar-refractivity contribution is -0.137. The monoisotopic (exact) mass is 588 g/mol. The summed E-state index contributed by atoms with van der Waals surface area (Å²) in [5.74, 6) is 0.344. The van der Waals surface area contributed by atoms with Crippen molar-refractivity contribution in [3.63, 3.8) is 0 Å². The molecule has 0 amide bonds. The fourth-order valence-electron chi connectivity index (χ4n) is 4.57. The average Bonchev–Trinajstić information content (AvgIpc) is 2.71. The summed E-state index contributed by atoms with van der Waals surface area (Å²) in [5.41, 5.74) is 3.37. The van der Waals surface area contributed by atoms with Crippen molar-refractivity contribution in [2.24, 2.45) is 0 Å². The van der Waals surface area contributed by atoms with E-state index < -0.39 is 5.97 Å². The number of carboxylic acid groups (broad SMARTS) is 1. The number of benzene rings is 2. The van der Waals surface area contributed by atoms with Gasteiger partial charge in [0.25, 0.3) is 0 Å². The van der Waals surface area contributed by atoms with Gasteiger partial charge in [0.2, 0.25) is 0 Å². The van der Waals surface area contributed by atoms with Crippen LogP contribution in [0, 0.1) is 0 Å². The van der Waals surface area contributed by atoms with Crippen LogP contribution in [-0.4, -0.2) is 26.9 Å². The predicted octanol–water partition coefficient (Wildman–Crippen LogP) is 10.1. The molecule has 0 bridgehead atoms. The average molecular weight is 589 g/mol. The Kier molecular flexibility index (Phi) is 10.2. The third kappa shape index (κ3) is 9.11. The van der Waals surface area contributed by atoms with Gasteiger partial charge in [0, 0.05) is 32.0 Å². The van der Waals surface area contributed by atoms with Crippen LogP contribution in [0.25, 0.3) is 0 Å². The van der Waals surface area contributed by atoms with Crippen LogP contribution >= 0.6 is 23.5 Å². The van der Waals surface area contributed by atoms with Gasteiger partial charge >= 0.3 is 5.97 Å². The van der Waals surface area contributed by atoms with E-state index in [4.69, 9.17) is 4.74 Å². The number of rotatable bonds is 8. The van der Waals surface area contributed by atoms with Gasteiger partial charge in [0.05, 0.1) is 17.1 Å². The standard InChI is InChI=1S/C34H52O4S2/c1-30(2,3)23-17-21(18-24(28(23)37)31(4,5)6)39-34(13,14)40-22-19-25(32(7,8)9)29(38-16-15-27(35)36)26(20-22)33(10,11)12/h17-20,37H,15-16H2,1-14H3,(H,35,36). The summed E-state index contributed by atoms with van der Waals surface area (Å²) in [6.45, 7) is 30.5. The van der Waals surface area contributed by atoms with Crippen LogP contribution in [0.5, 0.6) is 11.5 Å². The van der Waals surface area contributed by atoms with E-state index in [1.54, 1.807) is 0 Å². The number of phenols is 1. The molecule has 0 atom stereocenters. The van der Waals surface area contributed by atoms with E-state index in [1.165, 1.54) is 0 Å². The van der Waals surface area contributed by atoms with E-state index in [1.807, 2.05) is 23.5 Å². The van der Waals surface area contributed by atoms with Crippen molar-refractivity contribution in [3.8, 4) is 11.5 Å². The van der Waals surface area contributed by atoms with Gasteiger partial charge in [-0.2, -0.15) is 0 Å². The van der Waals surface area contributed by atoms with Crippen LogP contribution in [0.1, 0.15) is 126 Å². The van der Waals surface area contributed by atoms with Gasteiger partial charge in [-0.05, 0) is 59.8 Å². The van der Waals surface area contributed by atoms with Gasteiger partial charge in [-0.15, -0.1) is 23.5 Å². The molecule has 0 aliphatic carbocycles. The van der Waals surface area contributed by atoms with Gasteiger partial charge < -0.3 is 14.9 Å². The zero-order chi connectivity index (χ0) is 31.1. The maximum atomic E-state index is 11.2. The van der Waals surface area contributed by atoms with E-state index in [0.717, 1.165) is 37.8 Å². The van der Waals surface area contributed by atoms with Gasteiger partial charge in [0.15, 0.2) is 0 Å². The number of thioether (sulfide) groups is 2. The normalized spacial score (nSPS) is 13.4. The second-order valence-electron chi connectivity index (χ2n) is 15.3. The highest BCUT2D eigenvalue weighted by atomic mass is 32.2. The van der Waals surface area contributed by atoms with Crippen molar-refractivity contribution in [3.05, 3.63) is 46.5 Å². The van der Waals surface area contributed by atoms with E-state index >= 15 is 0 Å². The zero-order valence-corrected chi connectivity index (χ0v) is 28.9. The summed E-state index contributed by atoms with van der Waals surface area (Å²) in [4.78, 5) is 13.5. The SMILES string of the molecule is CC(C)(Sc1cc(C(C)(C)C)c(O)c(C(C)(C)C)c1)Sc1cc(C(C)(C)C)c(OCCC(=O)O)c(C(C)(C)C)c1. The van der Waals surface area contributed by atoms with Crippen LogP contribution in [0.2, 0.25) is 0 Å². The number of ether oxygens (including phenoxy) is 1. The lowest BCUT2D eigenvalue weighted by Crippen LogP contribution is -2.21. The number of aliphatic carboxylic acids is 1. The molecule has 0 aromatic heterocycles. The number of carboxylic acids is 1. The Morgan fingerprint density at radius 3 is 1.27 bits per heavy atom. The van der Waals surface area contributed by atoms with Crippen LogP contribution in [0.15, 0.2) is 34.1 Å². The molecule has 0 unspecified atom stereocenters. The molecule has 0 aliphatic heterocycles. The van der Waals surface area contributed by atoms with Crippen molar-refractivity contribution in [1.82, 2.24) is 0 Å². The molecule has 2 aromatic rings. The molecule has 0 heterocycles. The molecular formula is C34H52O4S2. The third-order valence-electron chi connectivity index (χ3n) is 6.67. The number of hydrogen-bond acceptors (Lipinski definition) is 5. The first-order valence-electron chi connectivity index (χ1n) is 14.1. The summed E-state index contributed by atoms with van der Waals surface area (Å²) in [6.07, 6.45) is -0.0346. The number of carbonyl (C=O) groups is 1. The summed E-state index contributed by atoms with van der Waals surface area (Å²) in [6, 6.07) is 8.74. The summed E-state index contributed by atoms with van der Waals surface area (Å²) < 4.78 is 5.98. The molecule has 0 saturated carbocycles. The molecule has 6 heteroatoms. The Balaban J connectivity index is 2.60. The molecule has 2 rings (SSSR count). The van der Waals surface area contributed by atoms with Crippen molar-refractivity contribution in [1.29, 1.82) is 0 Å². The molecule has 2 N–H and O–H groups in total. The molecule has 2 aromatic carbocycles. The number of phenolic OH excluding ortho intramolecular Hbond substituents is 1. The van der Waals surface area contributed by atoms with Gasteiger partial charge in [-0.3, -0.25) is 4.79 Å². The Labute approximate surface area is 252 Å². The first-order valence-corrected chi connectivity index (χ1v) is 15.8. The van der Waals surface area contributed by atoms with Crippen LogP contribution in [0.4, 0.5) is 0 Å². The smallest absolute Gasteiger partial charge is 0.306 e. The van der Waals surface area contributed by atoms with Crippen molar-refractivity contribution in [2.75, 3.05) is 6.61 Å². The second-order valence-corrected chi connectivity index (χ2v) is 19.0. The fourth-order valence-corrected chi connectivity index (χ4v) is 7.16. The largest absolute Gasteiger partial charge is 0.507 e. The molecule has 0 aliphatic rings. The third-order valence-corrected chi connectivity index (χ3v) is 9.09. The summed E-state index contributed by atoms with van der Waals surface area (Å²) in [7, 11) is 0. The van der Waals surface area contributed by atoms with E-state index in [9.17, 15) is 15.0 Å². The van der Waals surface area contributed by atoms with Gasteiger partial charge in [0.1, 0.15) is 11.5 Å². The van der Waals surface area contributed by atoms with E-state index in [0.29, 0.717) is 5.75 Å². The minimum atomic E-state index is -0.862. The molecule has 40 heavy (non-hydrogen) atoms. The molecule has 0 fully saturated rings. The van der Waals surface area contributed by atoms with E-state index in [-0.39, 0.29) is 38.8 Å². The van der Waals surface area contributed by atoms with Gasteiger partial charge in [-0.1, -0.05) is 83.1 Å². The maximum Gasteiger partial charge on any atom is 0.306 e. The van der Waals surface area contributed by atoms with Crippen molar-refractivity contribution >= 4 is 29.5 Å². The Bertz CT molecular complexity index is 1150. The topological polar surface area (TPSA) is 66.8 Å². The quantitative estimate of drug-likeness (QED) is 0.236. The molecule has 0 saturated heterocycles. The van der Waals surface area contributed by atoms with E-state index in [2.05, 4.69) is 121 Å². The molecule has 0 radical (unpaired) electrons. The summed E-state index contributed by atoms with van der Waals surface area (Å²) >= 11 is 3.63. The Morgan fingerprint density at radius 2 is 0.975 bits per heavy atom. The number of hydrogen-bond donors (Lipinski definition) is 2. The van der Waals surface area contributed by atoms with Crippen LogP contribution < -0.4 is 4.74 Å². The van der Waals surface area contributed by atoms with Crippen LogP contribution in [0.3, 0.4) is 0 Å². The van der Waals surface area contributed by atoms with Crippen molar-refractivity contribution < 1.29 is 19.7 Å². The first kappa shape index (κ1) is 34.4. The fraction of sp³-hybridized carbons (Fsp3) is 0.618. The first-order chi connectivity index (χ1) is 17.8. The minimum Gasteiger partial charge on any atom is -0.507 e. The highest BCUT2D eigenvalue weighted by Crippen LogP contribution is 2.51. The summed E-state index contributed by atoms with van der Waals surface area (Å²) in [5, 5.41) is 20.4. The van der Waals surface area contributed by atoms with Gasteiger partial charge in [-0.25, -0.2) is 0 Å². The molecule has 224 valence electrons. The predicted molar refractivity (Wildman–Crippen MR) is 173 cm³/mol. The highest BCUT2D eigenvalue weighted by Gasteiger charge is 2.32. The Morgan fingerprint density at radius 1 is 0.650 bits per heavy atom. The van der Waals surface area contributed by atoms with Crippen molar-refractivity contribution in [2.45, 2.75) is 139 Å². The Hall–Kier alpha value is -1.79. The minimum absolute atomic E-state index is 0.0346. The molecule has 4 nitrogen and oxygen atoms in total. The second kappa shape index (κ2) is 11.8.